The van der Waals surface area contributed by atoms with Crippen molar-refractivity contribution in [3.63, 3.8) is 0 Å². The van der Waals surface area contributed by atoms with Crippen LogP contribution in [0.3, 0.4) is 0 Å². The summed E-state index contributed by atoms with van der Waals surface area (Å²) in [5.74, 6) is 0. The summed E-state index contributed by atoms with van der Waals surface area (Å²) >= 11 is 0. The summed E-state index contributed by atoms with van der Waals surface area (Å²) in [6.07, 6.45) is -3.59. The summed E-state index contributed by atoms with van der Waals surface area (Å²) in [4.78, 5) is 0. The minimum Gasteiger partial charge on any atom is -0.380 e. The van der Waals surface area contributed by atoms with Crippen molar-refractivity contribution in [2.45, 2.75) is 38.5 Å². The number of hydrogen-bond acceptors (Lipinski definition) is 1. The highest BCUT2D eigenvalue weighted by Crippen LogP contribution is 2.58. The van der Waals surface area contributed by atoms with Gasteiger partial charge in [0.25, 0.3) is 0 Å². The lowest BCUT2D eigenvalue weighted by atomic mass is 9.87. The van der Waals surface area contributed by atoms with Gasteiger partial charge in [-0.25, -0.2) is 0 Å². The molecule has 66 valence electrons. The highest BCUT2D eigenvalue weighted by Gasteiger charge is 2.65. The highest BCUT2D eigenvalue weighted by molar-refractivity contribution is 5.06. The van der Waals surface area contributed by atoms with Crippen LogP contribution in [0.1, 0.15) is 26.7 Å². The van der Waals surface area contributed by atoms with Gasteiger partial charge in [0.1, 0.15) is 0 Å². The van der Waals surface area contributed by atoms with Gasteiger partial charge in [-0.3, -0.25) is 0 Å². The van der Waals surface area contributed by atoms with Crippen molar-refractivity contribution < 1.29 is 18.3 Å². The summed E-state index contributed by atoms with van der Waals surface area (Å²) in [6.45, 7) is 2.31. The average molecular weight is 168 g/mol. The molecule has 0 aromatic rings. The van der Waals surface area contributed by atoms with Crippen LogP contribution in [-0.2, 0) is 0 Å². The van der Waals surface area contributed by atoms with Crippen molar-refractivity contribution in [3.05, 3.63) is 0 Å². The fourth-order valence-electron chi connectivity index (χ4n) is 1.02. The van der Waals surface area contributed by atoms with Gasteiger partial charge in [-0.1, -0.05) is 6.92 Å². The number of aliphatic hydroxyl groups is 1. The third-order valence-electron chi connectivity index (χ3n) is 2.73. The third kappa shape index (κ3) is 1.13. The van der Waals surface area contributed by atoms with E-state index in [9.17, 15) is 13.2 Å². The second kappa shape index (κ2) is 1.91. The molecule has 1 rings (SSSR count). The van der Waals surface area contributed by atoms with Gasteiger partial charge >= 0.3 is 6.18 Å². The first-order chi connectivity index (χ1) is 4.71. The molecule has 0 aromatic carbocycles. The normalized spacial score (nSPS) is 27.8. The minimum atomic E-state index is -4.50. The van der Waals surface area contributed by atoms with Gasteiger partial charge in [-0.2, -0.15) is 13.2 Å². The molecule has 0 heterocycles. The predicted octanol–water partition coefficient (Wildman–Crippen LogP) is 2.10. The molecule has 1 atom stereocenters. The van der Waals surface area contributed by atoms with Gasteiger partial charge in [0, 0.05) is 5.41 Å². The molecule has 1 fully saturated rings. The van der Waals surface area contributed by atoms with Crippen LogP contribution in [0.2, 0.25) is 0 Å². The van der Waals surface area contributed by atoms with E-state index in [1.54, 1.807) is 0 Å². The smallest absolute Gasteiger partial charge is 0.380 e. The molecule has 11 heavy (non-hydrogen) atoms. The molecule has 4 heteroatoms. The second-order valence-electron chi connectivity index (χ2n) is 3.63. The van der Waals surface area contributed by atoms with Gasteiger partial charge in [0.2, 0.25) is 0 Å². The molecule has 1 aliphatic rings. The van der Waals surface area contributed by atoms with E-state index < -0.39 is 17.2 Å². The second-order valence-corrected chi connectivity index (χ2v) is 3.63. The summed E-state index contributed by atoms with van der Waals surface area (Å²) in [5.41, 5.74) is -3.45. The van der Waals surface area contributed by atoms with Gasteiger partial charge in [0.05, 0.1) is 0 Å². The zero-order valence-electron chi connectivity index (χ0n) is 6.50. The zero-order chi connectivity index (χ0) is 8.91. The largest absolute Gasteiger partial charge is 0.417 e. The Bertz CT molecular complexity index is 160. The van der Waals surface area contributed by atoms with Crippen LogP contribution < -0.4 is 0 Å². The summed E-state index contributed by atoms with van der Waals surface area (Å²) in [6, 6.07) is 0. The minimum absolute atomic E-state index is 0.458. The van der Waals surface area contributed by atoms with Crippen LogP contribution >= 0.6 is 0 Å². The SMILES string of the molecule is CC1(C(C)(O)C(F)(F)F)CC1. The van der Waals surface area contributed by atoms with Crippen molar-refractivity contribution in [2.24, 2.45) is 5.41 Å². The van der Waals surface area contributed by atoms with E-state index >= 15 is 0 Å². The van der Waals surface area contributed by atoms with Gasteiger partial charge in [0.15, 0.2) is 5.60 Å². The molecule has 1 unspecified atom stereocenters. The van der Waals surface area contributed by atoms with E-state index in [0.717, 1.165) is 6.92 Å². The lowest BCUT2D eigenvalue weighted by molar-refractivity contribution is -0.275. The molecule has 0 radical (unpaired) electrons. The molecule has 0 amide bonds. The van der Waals surface area contributed by atoms with Crippen LogP contribution in [0.4, 0.5) is 13.2 Å². The van der Waals surface area contributed by atoms with Crippen LogP contribution in [0.5, 0.6) is 0 Å². The Hall–Kier alpha value is -0.250. The first kappa shape index (κ1) is 8.84. The topological polar surface area (TPSA) is 20.2 Å². The average Bonchev–Trinajstić information content (AvgIpc) is 2.45. The summed E-state index contributed by atoms with van der Waals surface area (Å²) < 4.78 is 36.4. The van der Waals surface area contributed by atoms with Crippen LogP contribution in [-0.4, -0.2) is 16.9 Å². The van der Waals surface area contributed by atoms with Crippen molar-refractivity contribution in [1.29, 1.82) is 0 Å². The Morgan fingerprint density at radius 1 is 1.27 bits per heavy atom. The van der Waals surface area contributed by atoms with Gasteiger partial charge in [-0.05, 0) is 19.8 Å². The van der Waals surface area contributed by atoms with E-state index in [1.165, 1.54) is 6.92 Å². The molecule has 0 aliphatic heterocycles. The quantitative estimate of drug-likeness (QED) is 0.635. The highest BCUT2D eigenvalue weighted by atomic mass is 19.4. The lowest BCUT2D eigenvalue weighted by Gasteiger charge is -2.32. The molecule has 1 aliphatic carbocycles. The van der Waals surface area contributed by atoms with E-state index in [1.807, 2.05) is 0 Å². The Balaban J connectivity index is 2.82. The summed E-state index contributed by atoms with van der Waals surface area (Å²) in [5, 5.41) is 9.12. The fraction of sp³-hybridized carbons (Fsp3) is 1.00. The van der Waals surface area contributed by atoms with E-state index in [0.29, 0.717) is 12.8 Å². The van der Waals surface area contributed by atoms with E-state index in [2.05, 4.69) is 0 Å². The van der Waals surface area contributed by atoms with Crippen LogP contribution in [0, 0.1) is 5.41 Å². The van der Waals surface area contributed by atoms with E-state index in [-0.39, 0.29) is 0 Å². The maximum Gasteiger partial charge on any atom is 0.417 e. The molecular formula is C7H11F3O. The molecule has 1 nitrogen and oxygen atoms in total. The number of rotatable bonds is 1. The van der Waals surface area contributed by atoms with Gasteiger partial charge in [-0.15, -0.1) is 0 Å². The Morgan fingerprint density at radius 3 is 1.73 bits per heavy atom. The molecule has 1 saturated carbocycles. The molecule has 0 bridgehead atoms. The number of hydrogen-bond donors (Lipinski definition) is 1. The van der Waals surface area contributed by atoms with Crippen molar-refractivity contribution in [1.82, 2.24) is 0 Å². The standard InChI is InChI=1S/C7H11F3O/c1-5(3-4-5)6(2,11)7(8,9)10/h11H,3-4H2,1-2H3. The Morgan fingerprint density at radius 2 is 1.64 bits per heavy atom. The third-order valence-corrected chi connectivity index (χ3v) is 2.73. The predicted molar refractivity (Wildman–Crippen MR) is 34.0 cm³/mol. The van der Waals surface area contributed by atoms with Gasteiger partial charge < -0.3 is 5.11 Å². The zero-order valence-corrected chi connectivity index (χ0v) is 6.50. The molecule has 0 saturated heterocycles. The first-order valence-corrected chi connectivity index (χ1v) is 3.50. The molecule has 0 spiro atoms. The monoisotopic (exact) mass is 168 g/mol. The maximum absolute atomic E-state index is 12.1. The first-order valence-electron chi connectivity index (χ1n) is 3.50. The Labute approximate surface area is 63.2 Å². The van der Waals surface area contributed by atoms with E-state index in [4.69, 9.17) is 5.11 Å². The van der Waals surface area contributed by atoms with Crippen molar-refractivity contribution in [3.8, 4) is 0 Å². The molecule has 0 aromatic heterocycles. The Kier molecular flexibility index (Phi) is 1.54. The van der Waals surface area contributed by atoms with Crippen molar-refractivity contribution >= 4 is 0 Å². The van der Waals surface area contributed by atoms with Crippen LogP contribution in [0.25, 0.3) is 0 Å². The summed E-state index contributed by atoms with van der Waals surface area (Å²) in [7, 11) is 0. The molecular weight excluding hydrogens is 157 g/mol. The number of halogens is 3. The van der Waals surface area contributed by atoms with Crippen LogP contribution in [0.15, 0.2) is 0 Å². The number of alkyl halides is 3. The van der Waals surface area contributed by atoms with Crippen molar-refractivity contribution in [2.75, 3.05) is 0 Å². The fourth-order valence-corrected chi connectivity index (χ4v) is 1.02. The lowest BCUT2D eigenvalue weighted by Crippen LogP contribution is -2.48. The molecule has 1 N–H and O–H groups in total. The maximum atomic E-state index is 12.1.